The Balaban J connectivity index is 2.50. The number of nitrogens with one attached hydrogen (secondary N) is 1. The molecular formula is C8H16N4. The third kappa shape index (κ3) is 2.22. The van der Waals surface area contributed by atoms with E-state index in [4.69, 9.17) is 0 Å². The second-order valence-electron chi connectivity index (χ2n) is 3.21. The van der Waals surface area contributed by atoms with Gasteiger partial charge in [0.15, 0.2) is 0 Å². The number of aryl methyl sites for hydroxylation is 1. The molecule has 1 aromatic heterocycles. The van der Waals surface area contributed by atoms with Crippen LogP contribution in [0, 0.1) is 5.92 Å². The van der Waals surface area contributed by atoms with E-state index in [1.54, 1.807) is 6.20 Å². The van der Waals surface area contributed by atoms with Gasteiger partial charge in [0.1, 0.15) is 5.82 Å². The van der Waals surface area contributed by atoms with Crippen molar-refractivity contribution < 1.29 is 0 Å². The molecule has 0 unspecified atom stereocenters. The molecule has 0 aliphatic heterocycles. The Morgan fingerprint density at radius 1 is 1.58 bits per heavy atom. The molecule has 0 saturated heterocycles. The van der Waals surface area contributed by atoms with E-state index in [1.807, 2.05) is 4.68 Å². The van der Waals surface area contributed by atoms with Gasteiger partial charge in [-0.15, -0.1) is 5.10 Å². The first-order valence-electron chi connectivity index (χ1n) is 4.36. The molecule has 12 heavy (non-hydrogen) atoms. The lowest BCUT2D eigenvalue weighted by atomic mass is 10.2. The standard InChI is InChI=1S/C8H16N4/c1-4-12-8(6-10-11-12)9-5-7(2)3/h6-7,9H,4-5H2,1-3H3. The summed E-state index contributed by atoms with van der Waals surface area (Å²) in [6.07, 6.45) is 1.76. The fourth-order valence-electron chi connectivity index (χ4n) is 0.937. The first-order chi connectivity index (χ1) is 5.74. The highest BCUT2D eigenvalue weighted by molar-refractivity contribution is 5.30. The summed E-state index contributed by atoms with van der Waals surface area (Å²) < 4.78 is 1.85. The Hall–Kier alpha value is -1.06. The summed E-state index contributed by atoms with van der Waals surface area (Å²) in [6, 6.07) is 0. The van der Waals surface area contributed by atoms with Crippen LogP contribution in [0.5, 0.6) is 0 Å². The van der Waals surface area contributed by atoms with Gasteiger partial charge in [-0.2, -0.15) is 0 Å². The molecule has 0 saturated carbocycles. The van der Waals surface area contributed by atoms with Gasteiger partial charge >= 0.3 is 0 Å². The number of hydrogen-bond donors (Lipinski definition) is 1. The van der Waals surface area contributed by atoms with Gasteiger partial charge in [-0.1, -0.05) is 19.1 Å². The summed E-state index contributed by atoms with van der Waals surface area (Å²) >= 11 is 0. The molecule has 0 aliphatic rings. The number of nitrogens with zero attached hydrogens (tertiary/aromatic N) is 3. The molecule has 1 N–H and O–H groups in total. The van der Waals surface area contributed by atoms with Crippen LogP contribution in [0.1, 0.15) is 20.8 Å². The molecule has 4 nitrogen and oxygen atoms in total. The van der Waals surface area contributed by atoms with Crippen molar-refractivity contribution in [2.45, 2.75) is 27.3 Å². The number of aromatic nitrogens is 3. The van der Waals surface area contributed by atoms with Crippen LogP contribution in [-0.4, -0.2) is 21.5 Å². The molecule has 1 aromatic rings. The zero-order chi connectivity index (χ0) is 8.97. The smallest absolute Gasteiger partial charge is 0.144 e. The van der Waals surface area contributed by atoms with Crippen molar-refractivity contribution in [2.75, 3.05) is 11.9 Å². The summed E-state index contributed by atoms with van der Waals surface area (Å²) in [5.41, 5.74) is 0. The van der Waals surface area contributed by atoms with Crippen molar-refractivity contribution in [1.29, 1.82) is 0 Å². The predicted molar refractivity (Wildman–Crippen MR) is 49.0 cm³/mol. The van der Waals surface area contributed by atoms with E-state index in [1.165, 1.54) is 0 Å². The highest BCUT2D eigenvalue weighted by Crippen LogP contribution is 2.04. The van der Waals surface area contributed by atoms with Crippen LogP contribution in [-0.2, 0) is 6.54 Å². The van der Waals surface area contributed by atoms with Gasteiger partial charge < -0.3 is 5.32 Å². The summed E-state index contributed by atoms with van der Waals surface area (Å²) in [7, 11) is 0. The van der Waals surface area contributed by atoms with E-state index in [2.05, 4.69) is 36.4 Å². The van der Waals surface area contributed by atoms with Crippen LogP contribution < -0.4 is 5.32 Å². The van der Waals surface area contributed by atoms with Crippen molar-refractivity contribution in [3.63, 3.8) is 0 Å². The normalized spacial score (nSPS) is 10.7. The molecule has 0 atom stereocenters. The van der Waals surface area contributed by atoms with Crippen molar-refractivity contribution in [1.82, 2.24) is 15.0 Å². The van der Waals surface area contributed by atoms with Gasteiger partial charge in [0.05, 0.1) is 6.20 Å². The SMILES string of the molecule is CCn1nncc1NCC(C)C. The predicted octanol–water partition coefficient (Wildman–Crippen LogP) is 1.37. The Labute approximate surface area is 73.0 Å². The summed E-state index contributed by atoms with van der Waals surface area (Å²) in [5, 5.41) is 11.0. The first-order valence-corrected chi connectivity index (χ1v) is 4.36. The largest absolute Gasteiger partial charge is 0.369 e. The molecule has 0 aliphatic carbocycles. The lowest BCUT2D eigenvalue weighted by Crippen LogP contribution is -2.12. The number of hydrogen-bond acceptors (Lipinski definition) is 3. The average molecular weight is 168 g/mol. The molecule has 0 fully saturated rings. The minimum atomic E-state index is 0.644. The van der Waals surface area contributed by atoms with E-state index in [9.17, 15) is 0 Å². The molecule has 68 valence electrons. The molecule has 0 radical (unpaired) electrons. The molecule has 4 heteroatoms. The first kappa shape index (κ1) is 9.03. The van der Waals surface area contributed by atoms with Gasteiger partial charge in [-0.3, -0.25) is 0 Å². The molecule has 0 spiro atoms. The summed E-state index contributed by atoms with van der Waals surface area (Å²) in [6.45, 7) is 8.23. The minimum absolute atomic E-state index is 0.644. The van der Waals surface area contributed by atoms with Gasteiger partial charge in [0, 0.05) is 13.1 Å². The Morgan fingerprint density at radius 2 is 2.33 bits per heavy atom. The maximum atomic E-state index is 3.92. The lowest BCUT2D eigenvalue weighted by molar-refractivity contribution is 0.621. The van der Waals surface area contributed by atoms with E-state index in [0.717, 1.165) is 18.9 Å². The Kier molecular flexibility index (Phi) is 3.08. The minimum Gasteiger partial charge on any atom is -0.369 e. The monoisotopic (exact) mass is 168 g/mol. The summed E-state index contributed by atoms with van der Waals surface area (Å²) in [4.78, 5) is 0. The van der Waals surface area contributed by atoms with Crippen LogP contribution in [0.15, 0.2) is 6.20 Å². The van der Waals surface area contributed by atoms with Gasteiger partial charge in [-0.05, 0) is 12.8 Å². The van der Waals surface area contributed by atoms with E-state index in [-0.39, 0.29) is 0 Å². The fourth-order valence-corrected chi connectivity index (χ4v) is 0.937. The zero-order valence-electron chi connectivity index (χ0n) is 7.91. The molecule has 0 amide bonds. The van der Waals surface area contributed by atoms with Crippen molar-refractivity contribution in [2.24, 2.45) is 5.92 Å². The van der Waals surface area contributed by atoms with Gasteiger partial charge in [0.2, 0.25) is 0 Å². The molecule has 1 heterocycles. The molecule has 0 aromatic carbocycles. The van der Waals surface area contributed by atoms with Crippen LogP contribution in [0.2, 0.25) is 0 Å². The van der Waals surface area contributed by atoms with E-state index >= 15 is 0 Å². The van der Waals surface area contributed by atoms with Crippen molar-refractivity contribution in [3.05, 3.63) is 6.20 Å². The van der Waals surface area contributed by atoms with Crippen LogP contribution in [0.25, 0.3) is 0 Å². The quantitative estimate of drug-likeness (QED) is 0.738. The average Bonchev–Trinajstić information content (AvgIpc) is 2.47. The lowest BCUT2D eigenvalue weighted by Gasteiger charge is -2.08. The summed E-state index contributed by atoms with van der Waals surface area (Å²) in [5.74, 6) is 1.65. The Morgan fingerprint density at radius 3 is 2.92 bits per heavy atom. The second-order valence-corrected chi connectivity index (χ2v) is 3.21. The van der Waals surface area contributed by atoms with Gasteiger partial charge in [0.25, 0.3) is 0 Å². The number of rotatable bonds is 4. The van der Waals surface area contributed by atoms with Crippen LogP contribution >= 0.6 is 0 Å². The van der Waals surface area contributed by atoms with Crippen molar-refractivity contribution in [3.8, 4) is 0 Å². The van der Waals surface area contributed by atoms with Gasteiger partial charge in [-0.25, -0.2) is 4.68 Å². The van der Waals surface area contributed by atoms with E-state index in [0.29, 0.717) is 5.92 Å². The zero-order valence-corrected chi connectivity index (χ0v) is 7.91. The maximum absolute atomic E-state index is 3.92. The number of anilines is 1. The highest BCUT2D eigenvalue weighted by atomic mass is 15.4. The van der Waals surface area contributed by atoms with Crippen LogP contribution in [0.3, 0.4) is 0 Å². The molecule has 0 bridgehead atoms. The molecule has 1 rings (SSSR count). The Bertz CT molecular complexity index is 229. The van der Waals surface area contributed by atoms with Crippen LogP contribution in [0.4, 0.5) is 5.82 Å². The third-order valence-electron chi connectivity index (χ3n) is 1.61. The molecular weight excluding hydrogens is 152 g/mol. The highest BCUT2D eigenvalue weighted by Gasteiger charge is 2.00. The second kappa shape index (κ2) is 4.09. The maximum Gasteiger partial charge on any atom is 0.144 e. The fraction of sp³-hybridized carbons (Fsp3) is 0.750. The third-order valence-corrected chi connectivity index (χ3v) is 1.61. The van der Waals surface area contributed by atoms with E-state index < -0.39 is 0 Å². The van der Waals surface area contributed by atoms with Crippen molar-refractivity contribution >= 4 is 5.82 Å². The topological polar surface area (TPSA) is 42.7 Å².